The predicted octanol–water partition coefficient (Wildman–Crippen LogP) is 6.06. The molecule has 0 heterocycles. The third kappa shape index (κ3) is 5.14. The van der Waals surface area contributed by atoms with Gasteiger partial charge in [0.25, 0.3) is 0 Å². The molecule has 2 aromatic rings. The molecule has 1 heteroatoms. The van der Waals surface area contributed by atoms with Crippen molar-refractivity contribution in [2.75, 3.05) is 0 Å². The van der Waals surface area contributed by atoms with Crippen molar-refractivity contribution in [2.45, 2.75) is 33.6 Å². The third-order valence-electron chi connectivity index (χ3n) is 4.06. The Morgan fingerprint density at radius 1 is 0.957 bits per heavy atom. The highest BCUT2D eigenvalue weighted by atomic mass is 16.2. The first-order valence-electron chi connectivity index (χ1n) is 8.04. The molecule has 0 fully saturated rings. The van der Waals surface area contributed by atoms with E-state index in [0.29, 0.717) is 0 Å². The summed E-state index contributed by atoms with van der Waals surface area (Å²) in [4.78, 5) is 0. The Kier molecular flexibility index (Phi) is 5.44. The summed E-state index contributed by atoms with van der Waals surface area (Å²) in [6.45, 7) is 10.6. The molecule has 0 aromatic heterocycles. The van der Waals surface area contributed by atoms with Crippen LogP contribution in [-0.2, 0) is 12.8 Å². The van der Waals surface area contributed by atoms with Gasteiger partial charge >= 0.3 is 0 Å². The molecule has 1 N–H and O–H groups in total. The summed E-state index contributed by atoms with van der Waals surface area (Å²) < 4.78 is 0. The molecule has 0 spiro atoms. The summed E-state index contributed by atoms with van der Waals surface area (Å²) in [6, 6.07) is 17.1. The average Bonchev–Trinajstić information content (AvgIpc) is 2.49. The largest absolute Gasteiger partial charge is 0.516 e. The second-order valence-corrected chi connectivity index (χ2v) is 7.05. The van der Waals surface area contributed by atoms with E-state index >= 15 is 0 Å². The quantitative estimate of drug-likeness (QED) is 0.643. The van der Waals surface area contributed by atoms with E-state index < -0.39 is 0 Å². The number of aliphatic hydroxyl groups is 1. The summed E-state index contributed by atoms with van der Waals surface area (Å²) in [5.41, 5.74) is 6.21. The lowest BCUT2D eigenvalue weighted by molar-refractivity contribution is 0.361. The maximum absolute atomic E-state index is 8.81. The molecular formula is C22H26O. The molecule has 1 nitrogen and oxygen atoms in total. The van der Waals surface area contributed by atoms with E-state index in [2.05, 4.69) is 56.8 Å². The van der Waals surface area contributed by atoms with E-state index in [9.17, 15) is 0 Å². The molecular weight excluding hydrogens is 280 g/mol. The molecule has 0 unspecified atom stereocenters. The SMILES string of the molecule is C=C(C)c1ccc(CC(C)(C)Cc2ccc(/C=C/O)cc2)cc1. The minimum atomic E-state index is 0.194. The lowest BCUT2D eigenvalue weighted by Gasteiger charge is -2.25. The number of aliphatic hydroxyl groups excluding tert-OH is 1. The van der Waals surface area contributed by atoms with Crippen molar-refractivity contribution in [2.24, 2.45) is 5.41 Å². The molecule has 120 valence electrons. The molecule has 0 aliphatic heterocycles. The fourth-order valence-electron chi connectivity index (χ4n) is 2.91. The number of benzene rings is 2. The minimum Gasteiger partial charge on any atom is -0.516 e. The number of hydrogen-bond donors (Lipinski definition) is 1. The Morgan fingerprint density at radius 3 is 1.87 bits per heavy atom. The zero-order valence-electron chi connectivity index (χ0n) is 14.3. The summed E-state index contributed by atoms with van der Waals surface area (Å²) in [6.07, 6.45) is 4.84. The van der Waals surface area contributed by atoms with E-state index in [-0.39, 0.29) is 5.41 Å². The van der Waals surface area contributed by atoms with Crippen LogP contribution in [0.4, 0.5) is 0 Å². The maximum atomic E-state index is 8.81. The van der Waals surface area contributed by atoms with Crippen molar-refractivity contribution in [1.29, 1.82) is 0 Å². The van der Waals surface area contributed by atoms with Crippen LogP contribution in [0.1, 0.15) is 43.0 Å². The first-order chi connectivity index (χ1) is 10.9. The zero-order valence-corrected chi connectivity index (χ0v) is 14.3. The van der Waals surface area contributed by atoms with Crippen molar-refractivity contribution < 1.29 is 5.11 Å². The van der Waals surface area contributed by atoms with Crippen molar-refractivity contribution in [3.05, 3.63) is 83.6 Å². The highest BCUT2D eigenvalue weighted by molar-refractivity contribution is 5.61. The monoisotopic (exact) mass is 306 g/mol. The zero-order chi connectivity index (χ0) is 16.9. The van der Waals surface area contributed by atoms with Crippen molar-refractivity contribution in [3.8, 4) is 0 Å². The van der Waals surface area contributed by atoms with Crippen molar-refractivity contribution >= 4 is 11.6 Å². The van der Waals surface area contributed by atoms with Crippen LogP contribution in [0.25, 0.3) is 11.6 Å². The Bertz CT molecular complexity index is 673. The van der Waals surface area contributed by atoms with Gasteiger partial charge in [-0.3, -0.25) is 0 Å². The molecule has 0 saturated carbocycles. The second-order valence-electron chi connectivity index (χ2n) is 7.05. The second kappa shape index (κ2) is 7.32. The van der Waals surface area contributed by atoms with Gasteiger partial charge in [-0.2, -0.15) is 0 Å². The molecule has 0 aliphatic rings. The summed E-state index contributed by atoms with van der Waals surface area (Å²) in [5, 5.41) is 8.81. The van der Waals surface area contributed by atoms with Gasteiger partial charge in [-0.05, 0) is 53.5 Å². The normalized spacial score (nSPS) is 11.8. The molecule has 0 atom stereocenters. The van der Waals surface area contributed by atoms with Gasteiger partial charge < -0.3 is 5.11 Å². The van der Waals surface area contributed by atoms with Gasteiger partial charge in [0.2, 0.25) is 0 Å². The highest BCUT2D eigenvalue weighted by Gasteiger charge is 2.19. The van der Waals surface area contributed by atoms with Gasteiger partial charge in [-0.1, -0.05) is 74.5 Å². The summed E-state index contributed by atoms with van der Waals surface area (Å²) >= 11 is 0. The molecule has 0 radical (unpaired) electrons. The Balaban J connectivity index is 2.04. The topological polar surface area (TPSA) is 20.2 Å². The van der Waals surface area contributed by atoms with Gasteiger partial charge in [0.1, 0.15) is 0 Å². The Labute approximate surface area is 140 Å². The van der Waals surface area contributed by atoms with Crippen molar-refractivity contribution in [3.63, 3.8) is 0 Å². The van der Waals surface area contributed by atoms with Gasteiger partial charge in [-0.15, -0.1) is 0 Å². The van der Waals surface area contributed by atoms with E-state index in [1.807, 2.05) is 19.1 Å². The van der Waals surface area contributed by atoms with Gasteiger partial charge in [0.15, 0.2) is 0 Å². The van der Waals surface area contributed by atoms with Crippen LogP contribution in [-0.4, -0.2) is 5.11 Å². The Hall–Kier alpha value is -2.28. The molecule has 2 rings (SSSR count). The van der Waals surface area contributed by atoms with Crippen LogP contribution in [0.2, 0.25) is 0 Å². The van der Waals surface area contributed by atoms with E-state index in [1.54, 1.807) is 6.08 Å². The maximum Gasteiger partial charge on any atom is 0.0797 e. The molecule has 0 saturated heterocycles. The predicted molar refractivity (Wildman–Crippen MR) is 100 cm³/mol. The van der Waals surface area contributed by atoms with Gasteiger partial charge in [0.05, 0.1) is 6.26 Å². The van der Waals surface area contributed by atoms with Crippen LogP contribution >= 0.6 is 0 Å². The average molecular weight is 306 g/mol. The lowest BCUT2D eigenvalue weighted by Crippen LogP contribution is -2.18. The molecule has 2 aromatic carbocycles. The van der Waals surface area contributed by atoms with E-state index in [1.165, 1.54) is 16.7 Å². The van der Waals surface area contributed by atoms with Gasteiger partial charge in [0, 0.05) is 0 Å². The van der Waals surface area contributed by atoms with Crippen molar-refractivity contribution in [1.82, 2.24) is 0 Å². The first kappa shape index (κ1) is 17.1. The highest BCUT2D eigenvalue weighted by Crippen LogP contribution is 2.27. The smallest absolute Gasteiger partial charge is 0.0797 e. The van der Waals surface area contributed by atoms with Crippen LogP contribution < -0.4 is 0 Å². The Morgan fingerprint density at radius 2 is 1.43 bits per heavy atom. The van der Waals surface area contributed by atoms with Crippen LogP contribution in [0.15, 0.2) is 61.4 Å². The third-order valence-corrected chi connectivity index (χ3v) is 4.06. The minimum absolute atomic E-state index is 0.194. The van der Waals surface area contributed by atoms with Crippen LogP contribution in [0.3, 0.4) is 0 Å². The standard InChI is InChI=1S/C22H26O/c1-17(2)21-11-9-20(10-12-21)16-22(3,4)15-19-7-5-18(6-8-19)13-14-23/h5-14,23H,1,15-16H2,2-4H3/b14-13+. The van der Waals surface area contributed by atoms with Gasteiger partial charge in [-0.25, -0.2) is 0 Å². The molecule has 0 bridgehead atoms. The van der Waals surface area contributed by atoms with Crippen LogP contribution in [0.5, 0.6) is 0 Å². The molecule has 23 heavy (non-hydrogen) atoms. The lowest BCUT2D eigenvalue weighted by atomic mass is 9.80. The number of rotatable bonds is 6. The van der Waals surface area contributed by atoms with E-state index in [4.69, 9.17) is 5.11 Å². The molecule has 0 aliphatic carbocycles. The van der Waals surface area contributed by atoms with Crippen LogP contribution in [0, 0.1) is 5.41 Å². The molecule has 0 amide bonds. The fourth-order valence-corrected chi connectivity index (χ4v) is 2.91. The van der Waals surface area contributed by atoms with E-state index in [0.717, 1.165) is 30.2 Å². The fraction of sp³-hybridized carbons (Fsp3) is 0.273. The number of allylic oxidation sites excluding steroid dienone is 1. The number of hydrogen-bond acceptors (Lipinski definition) is 1. The summed E-state index contributed by atoms with van der Waals surface area (Å²) in [5.74, 6) is 0. The summed E-state index contributed by atoms with van der Waals surface area (Å²) in [7, 11) is 0. The first-order valence-corrected chi connectivity index (χ1v) is 8.04.